The van der Waals surface area contributed by atoms with Crippen LogP contribution in [-0.2, 0) is 0 Å². The highest BCUT2D eigenvalue weighted by Gasteiger charge is 2.16. The first-order valence-corrected chi connectivity index (χ1v) is 21.2. The summed E-state index contributed by atoms with van der Waals surface area (Å²) in [6, 6.07) is 75.6. The Balaban J connectivity index is 0.947. The maximum atomic E-state index is 5.18. The first-order valence-electron chi connectivity index (χ1n) is 21.2. The molecule has 62 heavy (non-hydrogen) atoms. The lowest BCUT2D eigenvalue weighted by molar-refractivity contribution is 1.07. The number of nitrogens with zero attached hydrogens (tertiary/aromatic N) is 3. The van der Waals surface area contributed by atoms with E-state index in [4.69, 9.17) is 15.0 Å². The second kappa shape index (κ2) is 15.5. The minimum Gasteiger partial charge on any atom is -0.208 e. The van der Waals surface area contributed by atoms with E-state index in [9.17, 15) is 0 Å². The van der Waals surface area contributed by atoms with Gasteiger partial charge in [0.25, 0.3) is 0 Å². The molecule has 1 aromatic heterocycles. The van der Waals surface area contributed by atoms with Crippen LogP contribution in [-0.4, -0.2) is 15.0 Å². The van der Waals surface area contributed by atoms with Crippen molar-refractivity contribution in [1.29, 1.82) is 0 Å². The maximum Gasteiger partial charge on any atom is 0.164 e. The van der Waals surface area contributed by atoms with E-state index in [0.717, 1.165) is 27.8 Å². The van der Waals surface area contributed by atoms with Crippen LogP contribution in [0.4, 0.5) is 0 Å². The van der Waals surface area contributed by atoms with Gasteiger partial charge in [0, 0.05) is 16.7 Å². The average Bonchev–Trinajstić information content (AvgIpc) is 3.34. The first-order chi connectivity index (χ1) is 30.6. The van der Waals surface area contributed by atoms with Crippen molar-refractivity contribution in [3.63, 3.8) is 0 Å². The summed E-state index contributed by atoms with van der Waals surface area (Å²) in [5, 5.41) is 7.34. The number of aromatic nitrogens is 3. The van der Waals surface area contributed by atoms with Crippen molar-refractivity contribution < 1.29 is 0 Å². The zero-order chi connectivity index (χ0) is 41.6. The Morgan fingerprint density at radius 2 is 0.645 bits per heavy atom. The Labute approximate surface area is 361 Å². The van der Waals surface area contributed by atoms with Crippen molar-refractivity contribution >= 4 is 32.3 Å². The lowest BCUT2D eigenvalue weighted by Gasteiger charge is -2.15. The quantitative estimate of drug-likeness (QED) is 0.151. The molecule has 10 aromatic carbocycles. The Morgan fingerprint density at radius 3 is 1.27 bits per heavy atom. The van der Waals surface area contributed by atoms with Gasteiger partial charge in [0.15, 0.2) is 17.5 Å². The Kier molecular flexibility index (Phi) is 9.28. The van der Waals surface area contributed by atoms with Gasteiger partial charge in [-0.25, -0.2) is 15.0 Å². The molecule has 3 nitrogen and oxygen atoms in total. The van der Waals surface area contributed by atoms with E-state index in [-0.39, 0.29) is 0 Å². The molecule has 0 radical (unpaired) electrons. The van der Waals surface area contributed by atoms with Gasteiger partial charge in [-0.2, -0.15) is 0 Å². The van der Waals surface area contributed by atoms with Crippen LogP contribution < -0.4 is 0 Å². The van der Waals surface area contributed by atoms with Crippen LogP contribution in [0, 0.1) is 13.8 Å². The van der Waals surface area contributed by atoms with Gasteiger partial charge >= 0.3 is 0 Å². The summed E-state index contributed by atoms with van der Waals surface area (Å²) in [5.41, 5.74) is 15.0. The summed E-state index contributed by atoms with van der Waals surface area (Å²) in [6.07, 6.45) is 0. The van der Waals surface area contributed by atoms with E-state index in [0.29, 0.717) is 17.5 Å². The fourth-order valence-electron chi connectivity index (χ4n) is 9.07. The second-order valence-electron chi connectivity index (χ2n) is 16.1. The molecule has 0 saturated carbocycles. The lowest BCUT2D eigenvalue weighted by Crippen LogP contribution is -2.00. The number of benzene rings is 10. The van der Waals surface area contributed by atoms with Gasteiger partial charge in [-0.1, -0.05) is 194 Å². The second-order valence-corrected chi connectivity index (χ2v) is 16.1. The van der Waals surface area contributed by atoms with Gasteiger partial charge in [0.2, 0.25) is 0 Å². The molecule has 0 unspecified atom stereocenters. The molecular formula is C59H41N3. The monoisotopic (exact) mass is 791 g/mol. The zero-order valence-corrected chi connectivity index (χ0v) is 34.5. The van der Waals surface area contributed by atoms with E-state index < -0.39 is 0 Å². The van der Waals surface area contributed by atoms with Crippen LogP contribution >= 0.6 is 0 Å². The number of aryl methyl sites for hydroxylation is 1. The molecule has 0 spiro atoms. The highest BCUT2D eigenvalue weighted by Crippen LogP contribution is 2.39. The molecule has 0 amide bonds. The summed E-state index contributed by atoms with van der Waals surface area (Å²) in [4.78, 5) is 15.4. The summed E-state index contributed by atoms with van der Waals surface area (Å²) in [5.74, 6) is 1.92. The fourth-order valence-corrected chi connectivity index (χ4v) is 9.07. The van der Waals surface area contributed by atoms with E-state index in [1.807, 2.05) is 18.2 Å². The zero-order valence-electron chi connectivity index (χ0n) is 34.5. The first kappa shape index (κ1) is 37.0. The van der Waals surface area contributed by atoms with Crippen molar-refractivity contribution in [3.05, 3.63) is 223 Å². The molecule has 1 heterocycles. The van der Waals surface area contributed by atoms with E-state index in [1.54, 1.807) is 0 Å². The average molecular weight is 792 g/mol. The molecule has 0 fully saturated rings. The molecule has 0 bridgehead atoms. The minimum absolute atomic E-state index is 0.634. The lowest BCUT2D eigenvalue weighted by atomic mass is 9.90. The van der Waals surface area contributed by atoms with Gasteiger partial charge in [-0.15, -0.1) is 0 Å². The van der Waals surface area contributed by atoms with Crippen LogP contribution in [0.2, 0.25) is 0 Å². The maximum absolute atomic E-state index is 5.18. The standard InChI is InChI=1S/C59H41N3/c1-38-15-6-7-22-48(38)50-28-14-27-49(39(50)2)45-20-12-18-43(35-45)40-29-31-41(32-30-40)44-19-13-21-46(36-44)58-60-57(42-16-4-3-5-17-42)61-59(62-58)47-33-34-55-53-25-9-8-23-51(53)52-24-10-11-26-54(52)56(55)37-47/h3-37H,1-2H3. The van der Waals surface area contributed by atoms with Crippen molar-refractivity contribution in [1.82, 2.24) is 15.0 Å². The highest BCUT2D eigenvalue weighted by molar-refractivity contribution is 6.25. The van der Waals surface area contributed by atoms with Gasteiger partial charge in [0.1, 0.15) is 0 Å². The van der Waals surface area contributed by atoms with E-state index >= 15 is 0 Å². The Hall–Kier alpha value is -8.01. The molecule has 0 saturated heterocycles. The third-order valence-corrected chi connectivity index (χ3v) is 12.3. The molecular weight excluding hydrogens is 751 g/mol. The topological polar surface area (TPSA) is 38.7 Å². The molecule has 0 atom stereocenters. The smallest absolute Gasteiger partial charge is 0.164 e. The Bertz CT molecular complexity index is 3440. The summed E-state index contributed by atoms with van der Waals surface area (Å²) < 4.78 is 0. The highest BCUT2D eigenvalue weighted by atomic mass is 15.0. The molecule has 0 aliphatic rings. The third-order valence-electron chi connectivity index (χ3n) is 12.3. The molecule has 11 aromatic rings. The predicted octanol–water partition coefficient (Wildman–Crippen LogP) is 15.6. The van der Waals surface area contributed by atoms with Crippen LogP contribution in [0.15, 0.2) is 212 Å². The molecule has 0 aliphatic heterocycles. The van der Waals surface area contributed by atoms with E-state index in [2.05, 4.69) is 208 Å². The number of rotatable bonds is 7. The number of hydrogen-bond donors (Lipinski definition) is 0. The molecule has 0 aliphatic carbocycles. The molecule has 3 heteroatoms. The fraction of sp³-hybridized carbons (Fsp3) is 0.0339. The van der Waals surface area contributed by atoms with E-state index in [1.165, 1.54) is 76.8 Å². The van der Waals surface area contributed by atoms with Crippen LogP contribution in [0.25, 0.3) is 111 Å². The molecule has 0 N–H and O–H groups in total. The van der Waals surface area contributed by atoms with Gasteiger partial charge < -0.3 is 0 Å². The van der Waals surface area contributed by atoms with Crippen LogP contribution in [0.1, 0.15) is 11.1 Å². The number of hydrogen-bond acceptors (Lipinski definition) is 3. The molecule has 292 valence electrons. The van der Waals surface area contributed by atoms with Crippen molar-refractivity contribution in [3.8, 4) is 78.7 Å². The Morgan fingerprint density at radius 1 is 0.242 bits per heavy atom. The summed E-state index contributed by atoms with van der Waals surface area (Å²) in [7, 11) is 0. The summed E-state index contributed by atoms with van der Waals surface area (Å²) >= 11 is 0. The largest absolute Gasteiger partial charge is 0.208 e. The summed E-state index contributed by atoms with van der Waals surface area (Å²) in [6.45, 7) is 4.42. The van der Waals surface area contributed by atoms with Crippen molar-refractivity contribution in [2.45, 2.75) is 13.8 Å². The van der Waals surface area contributed by atoms with Crippen LogP contribution in [0.5, 0.6) is 0 Å². The van der Waals surface area contributed by atoms with Crippen molar-refractivity contribution in [2.24, 2.45) is 0 Å². The number of fused-ring (bicyclic) bond motifs is 6. The van der Waals surface area contributed by atoms with Gasteiger partial charge in [0.05, 0.1) is 0 Å². The van der Waals surface area contributed by atoms with Gasteiger partial charge in [-0.05, 0) is 120 Å². The van der Waals surface area contributed by atoms with Crippen molar-refractivity contribution in [2.75, 3.05) is 0 Å². The SMILES string of the molecule is Cc1ccccc1-c1cccc(-c2cccc(-c3ccc(-c4cccc(-c5nc(-c6ccccc6)nc(-c6ccc7c8ccccc8c8ccccc8c7c6)n5)c4)cc3)c2)c1C. The minimum atomic E-state index is 0.634. The molecule has 11 rings (SSSR count). The predicted molar refractivity (Wildman–Crippen MR) is 260 cm³/mol. The van der Waals surface area contributed by atoms with Gasteiger partial charge in [-0.3, -0.25) is 0 Å². The van der Waals surface area contributed by atoms with Crippen LogP contribution in [0.3, 0.4) is 0 Å². The normalized spacial score (nSPS) is 11.4. The third kappa shape index (κ3) is 6.70.